The van der Waals surface area contributed by atoms with Crippen LogP contribution >= 0.6 is 0 Å². The first-order chi connectivity index (χ1) is 8.67. The Morgan fingerprint density at radius 1 is 1.39 bits per heavy atom. The van der Waals surface area contributed by atoms with Crippen molar-refractivity contribution in [1.29, 1.82) is 0 Å². The van der Waals surface area contributed by atoms with Gasteiger partial charge in [0.2, 0.25) is 0 Å². The maximum absolute atomic E-state index is 11.5. The molecule has 0 radical (unpaired) electrons. The van der Waals surface area contributed by atoms with Gasteiger partial charge in [0.05, 0.1) is 0 Å². The Bertz CT molecular complexity index is 448. The zero-order chi connectivity index (χ0) is 13.1. The molecule has 1 N–H and O–H groups in total. The van der Waals surface area contributed by atoms with Crippen molar-refractivity contribution in [2.45, 2.75) is 25.6 Å². The van der Waals surface area contributed by atoms with E-state index in [9.17, 15) is 4.79 Å². The van der Waals surface area contributed by atoms with E-state index in [0.29, 0.717) is 31.2 Å². The van der Waals surface area contributed by atoms with Crippen molar-refractivity contribution >= 4 is 5.82 Å². The maximum atomic E-state index is 11.5. The molecule has 1 saturated heterocycles. The van der Waals surface area contributed by atoms with Crippen molar-refractivity contribution in [3.63, 3.8) is 0 Å². The monoisotopic (exact) mass is 253 g/mol. The molecule has 1 aromatic heterocycles. The SMILES string of the molecule is CCc1nc(N2CC(OC)C(OC)C2)cc(=O)[nH]1. The number of aryl methyl sites for hydroxylation is 1. The van der Waals surface area contributed by atoms with Crippen molar-refractivity contribution in [1.82, 2.24) is 9.97 Å². The second kappa shape index (κ2) is 5.49. The van der Waals surface area contributed by atoms with Crippen LogP contribution in [0.2, 0.25) is 0 Å². The summed E-state index contributed by atoms with van der Waals surface area (Å²) in [5, 5.41) is 0. The summed E-state index contributed by atoms with van der Waals surface area (Å²) in [6.45, 7) is 3.34. The van der Waals surface area contributed by atoms with Crippen LogP contribution in [-0.2, 0) is 15.9 Å². The Kier molecular flexibility index (Phi) is 3.98. The fraction of sp³-hybridized carbons (Fsp3) is 0.667. The van der Waals surface area contributed by atoms with Crippen LogP contribution in [0.25, 0.3) is 0 Å². The first-order valence-electron chi connectivity index (χ1n) is 6.08. The molecule has 0 amide bonds. The molecular weight excluding hydrogens is 234 g/mol. The summed E-state index contributed by atoms with van der Waals surface area (Å²) >= 11 is 0. The Balaban J connectivity index is 2.22. The first-order valence-corrected chi connectivity index (χ1v) is 6.08. The van der Waals surface area contributed by atoms with Crippen LogP contribution in [0.1, 0.15) is 12.7 Å². The summed E-state index contributed by atoms with van der Waals surface area (Å²) in [7, 11) is 3.34. The molecule has 1 aliphatic heterocycles. The van der Waals surface area contributed by atoms with Gasteiger partial charge < -0.3 is 19.4 Å². The molecule has 6 heteroatoms. The lowest BCUT2D eigenvalue weighted by Gasteiger charge is -2.16. The number of aromatic amines is 1. The number of H-pyrrole nitrogens is 1. The van der Waals surface area contributed by atoms with Crippen molar-refractivity contribution < 1.29 is 9.47 Å². The van der Waals surface area contributed by atoms with Crippen LogP contribution in [0.15, 0.2) is 10.9 Å². The second-order valence-corrected chi connectivity index (χ2v) is 4.36. The highest BCUT2D eigenvalue weighted by molar-refractivity contribution is 5.40. The highest BCUT2D eigenvalue weighted by Crippen LogP contribution is 2.20. The second-order valence-electron chi connectivity index (χ2n) is 4.36. The average Bonchev–Trinajstić information content (AvgIpc) is 2.81. The van der Waals surface area contributed by atoms with Crippen LogP contribution in [0.5, 0.6) is 0 Å². The highest BCUT2D eigenvalue weighted by Gasteiger charge is 2.33. The topological polar surface area (TPSA) is 67.5 Å². The molecule has 2 rings (SSSR count). The zero-order valence-corrected chi connectivity index (χ0v) is 11.0. The van der Waals surface area contributed by atoms with Gasteiger partial charge in [-0.25, -0.2) is 4.98 Å². The minimum absolute atomic E-state index is 0.0150. The number of nitrogens with zero attached hydrogens (tertiary/aromatic N) is 2. The summed E-state index contributed by atoms with van der Waals surface area (Å²) in [5.41, 5.74) is -0.119. The fourth-order valence-electron chi connectivity index (χ4n) is 2.21. The highest BCUT2D eigenvalue weighted by atomic mass is 16.5. The van der Waals surface area contributed by atoms with Crippen LogP contribution in [0, 0.1) is 0 Å². The minimum Gasteiger partial charge on any atom is -0.377 e. The molecule has 0 spiro atoms. The third-order valence-corrected chi connectivity index (χ3v) is 3.26. The van der Waals surface area contributed by atoms with Crippen LogP contribution in [0.4, 0.5) is 5.82 Å². The van der Waals surface area contributed by atoms with Crippen LogP contribution < -0.4 is 10.5 Å². The summed E-state index contributed by atoms with van der Waals surface area (Å²) in [6.07, 6.45) is 0.737. The summed E-state index contributed by atoms with van der Waals surface area (Å²) < 4.78 is 10.7. The van der Waals surface area contributed by atoms with Crippen molar-refractivity contribution in [3.8, 4) is 0 Å². The normalized spacial score (nSPS) is 23.6. The minimum atomic E-state index is -0.119. The molecule has 2 unspecified atom stereocenters. The van der Waals surface area contributed by atoms with E-state index in [1.165, 1.54) is 6.07 Å². The number of aromatic nitrogens is 2. The number of hydrogen-bond donors (Lipinski definition) is 1. The van der Waals surface area contributed by atoms with Gasteiger partial charge in [-0.15, -0.1) is 0 Å². The van der Waals surface area contributed by atoms with Crippen molar-refractivity contribution in [2.24, 2.45) is 0 Å². The molecule has 0 aromatic carbocycles. The first kappa shape index (κ1) is 13.0. The van der Waals surface area contributed by atoms with Gasteiger partial charge in [-0.1, -0.05) is 6.92 Å². The van der Waals surface area contributed by atoms with Gasteiger partial charge in [0.15, 0.2) is 0 Å². The Labute approximate surface area is 106 Å². The molecule has 18 heavy (non-hydrogen) atoms. The third-order valence-electron chi connectivity index (χ3n) is 3.26. The largest absolute Gasteiger partial charge is 0.377 e. The average molecular weight is 253 g/mol. The predicted octanol–water partition coefficient (Wildman–Crippen LogP) is 0.182. The van der Waals surface area contributed by atoms with E-state index in [-0.39, 0.29) is 17.8 Å². The molecule has 1 aliphatic rings. The summed E-state index contributed by atoms with van der Waals surface area (Å²) in [4.78, 5) is 20.7. The Hall–Kier alpha value is -1.40. The van der Waals surface area contributed by atoms with Crippen molar-refractivity contribution in [2.75, 3.05) is 32.2 Å². The molecular formula is C12H19N3O3. The molecule has 2 atom stereocenters. The number of rotatable bonds is 4. The lowest BCUT2D eigenvalue weighted by molar-refractivity contribution is -0.00461. The van der Waals surface area contributed by atoms with E-state index in [1.54, 1.807) is 14.2 Å². The van der Waals surface area contributed by atoms with E-state index in [4.69, 9.17) is 9.47 Å². The lowest BCUT2D eigenvalue weighted by Crippen LogP contribution is -2.27. The summed E-state index contributed by atoms with van der Waals surface area (Å²) in [5.74, 6) is 1.39. The number of ether oxygens (including phenoxy) is 2. The standard InChI is InChI=1S/C12H19N3O3/c1-4-10-13-11(5-12(16)14-10)15-6-8(17-2)9(7-15)18-3/h5,8-9H,4,6-7H2,1-3H3,(H,13,14,16). The number of nitrogens with one attached hydrogen (secondary N) is 1. The van der Waals surface area contributed by atoms with Gasteiger partial charge >= 0.3 is 0 Å². The van der Waals surface area contributed by atoms with E-state index >= 15 is 0 Å². The molecule has 2 heterocycles. The molecule has 0 aliphatic carbocycles. The number of hydrogen-bond acceptors (Lipinski definition) is 5. The van der Waals surface area contributed by atoms with Gasteiger partial charge in [-0.2, -0.15) is 0 Å². The van der Waals surface area contributed by atoms with E-state index in [2.05, 4.69) is 9.97 Å². The maximum Gasteiger partial charge on any atom is 0.252 e. The van der Waals surface area contributed by atoms with Gasteiger partial charge in [0, 0.05) is 39.8 Å². The number of anilines is 1. The molecule has 1 fully saturated rings. The van der Waals surface area contributed by atoms with Gasteiger partial charge in [0.1, 0.15) is 23.9 Å². The van der Waals surface area contributed by atoms with Gasteiger partial charge in [-0.3, -0.25) is 4.79 Å². The van der Waals surface area contributed by atoms with E-state index < -0.39 is 0 Å². The predicted molar refractivity (Wildman–Crippen MR) is 68.0 cm³/mol. The number of methoxy groups -OCH3 is 2. The lowest BCUT2D eigenvalue weighted by atomic mass is 10.3. The zero-order valence-electron chi connectivity index (χ0n) is 11.0. The van der Waals surface area contributed by atoms with E-state index in [0.717, 1.165) is 0 Å². The molecule has 1 aromatic rings. The fourth-order valence-corrected chi connectivity index (χ4v) is 2.21. The quantitative estimate of drug-likeness (QED) is 0.829. The van der Waals surface area contributed by atoms with Gasteiger partial charge in [-0.05, 0) is 0 Å². The molecule has 6 nitrogen and oxygen atoms in total. The molecule has 0 bridgehead atoms. The van der Waals surface area contributed by atoms with Gasteiger partial charge in [0.25, 0.3) is 5.56 Å². The smallest absolute Gasteiger partial charge is 0.252 e. The van der Waals surface area contributed by atoms with Crippen molar-refractivity contribution in [3.05, 3.63) is 22.2 Å². The Morgan fingerprint density at radius 2 is 2.00 bits per heavy atom. The third kappa shape index (κ3) is 2.54. The van der Waals surface area contributed by atoms with Crippen LogP contribution in [-0.4, -0.2) is 49.5 Å². The molecule has 100 valence electrons. The Morgan fingerprint density at radius 3 is 2.50 bits per heavy atom. The summed E-state index contributed by atoms with van der Waals surface area (Å²) in [6, 6.07) is 1.52. The van der Waals surface area contributed by atoms with Crippen LogP contribution in [0.3, 0.4) is 0 Å². The van der Waals surface area contributed by atoms with E-state index in [1.807, 2.05) is 11.8 Å². The molecule has 0 saturated carbocycles.